The molecule has 22 heavy (non-hydrogen) atoms. The first-order valence-corrected chi connectivity index (χ1v) is 11.9. The van der Waals surface area contributed by atoms with Crippen molar-refractivity contribution in [1.82, 2.24) is 0 Å². The van der Waals surface area contributed by atoms with Crippen molar-refractivity contribution in [1.29, 1.82) is 0 Å². The fourth-order valence-corrected chi connectivity index (χ4v) is 5.96. The van der Waals surface area contributed by atoms with E-state index in [1.165, 1.54) is 6.42 Å². The van der Waals surface area contributed by atoms with Gasteiger partial charge in [-0.15, -0.1) is 0 Å². The van der Waals surface area contributed by atoms with Crippen molar-refractivity contribution in [3.63, 3.8) is 0 Å². The highest BCUT2D eigenvalue weighted by molar-refractivity contribution is 6.84. The average molecular weight is 329 g/mol. The molecule has 0 radical (unpaired) electrons. The van der Waals surface area contributed by atoms with Gasteiger partial charge >= 0.3 is 5.97 Å². The molecule has 0 bridgehead atoms. The molecule has 1 aliphatic rings. The summed E-state index contributed by atoms with van der Waals surface area (Å²) >= 11 is 0. The van der Waals surface area contributed by atoms with Crippen molar-refractivity contribution in [2.45, 2.75) is 103 Å². The predicted octanol–water partition coefficient (Wildman–Crippen LogP) is 4.76. The van der Waals surface area contributed by atoms with Crippen LogP contribution in [-0.4, -0.2) is 31.4 Å². The van der Waals surface area contributed by atoms with Crippen LogP contribution in [0.3, 0.4) is 0 Å². The van der Waals surface area contributed by atoms with Crippen molar-refractivity contribution in [3.8, 4) is 0 Å². The zero-order valence-corrected chi connectivity index (χ0v) is 16.6. The minimum absolute atomic E-state index is 0.0408. The zero-order valence-electron chi connectivity index (χ0n) is 15.6. The summed E-state index contributed by atoms with van der Waals surface area (Å²) in [6.45, 7) is 15.0. The molecule has 1 N–H and O–H groups in total. The van der Waals surface area contributed by atoms with Gasteiger partial charge in [0.1, 0.15) is 6.10 Å². The SMILES string of the molecule is CC(C)C(O)C(C(=O)OC1CCCCC1)[Si](C)(C)C(C)(C)C. The summed E-state index contributed by atoms with van der Waals surface area (Å²) in [5, 5.41) is 10.8. The van der Waals surface area contributed by atoms with Crippen LogP contribution in [0, 0.1) is 5.92 Å². The van der Waals surface area contributed by atoms with E-state index in [0.29, 0.717) is 0 Å². The largest absolute Gasteiger partial charge is 0.462 e. The van der Waals surface area contributed by atoms with Gasteiger partial charge in [-0.2, -0.15) is 0 Å². The molecule has 0 aromatic rings. The van der Waals surface area contributed by atoms with E-state index in [0.717, 1.165) is 25.7 Å². The highest BCUT2D eigenvalue weighted by atomic mass is 28.3. The summed E-state index contributed by atoms with van der Waals surface area (Å²) in [7, 11) is -2.03. The van der Waals surface area contributed by atoms with E-state index in [-0.39, 0.29) is 28.6 Å². The molecule has 0 aromatic heterocycles. The molecule has 2 unspecified atom stereocenters. The Balaban J connectivity index is 2.96. The molecule has 2 atom stereocenters. The van der Waals surface area contributed by atoms with E-state index < -0.39 is 14.2 Å². The van der Waals surface area contributed by atoms with Crippen molar-refractivity contribution in [2.24, 2.45) is 5.92 Å². The van der Waals surface area contributed by atoms with Gasteiger partial charge in [-0.05, 0) is 36.6 Å². The maximum atomic E-state index is 12.9. The molecule has 1 rings (SSSR count). The van der Waals surface area contributed by atoms with Gasteiger partial charge in [-0.25, -0.2) is 0 Å². The zero-order chi connectivity index (χ0) is 17.1. The Hall–Kier alpha value is -0.353. The Morgan fingerprint density at radius 3 is 2.05 bits per heavy atom. The Bertz CT molecular complexity index is 365. The minimum atomic E-state index is -2.03. The van der Waals surface area contributed by atoms with Crippen LogP contribution in [0.5, 0.6) is 0 Å². The molecule has 0 heterocycles. The highest BCUT2D eigenvalue weighted by Gasteiger charge is 2.50. The lowest BCUT2D eigenvalue weighted by molar-refractivity contribution is -0.153. The van der Waals surface area contributed by atoms with E-state index >= 15 is 0 Å². The third-order valence-electron chi connectivity index (χ3n) is 5.82. The molecular weight excluding hydrogens is 292 g/mol. The van der Waals surface area contributed by atoms with E-state index in [2.05, 4.69) is 33.9 Å². The van der Waals surface area contributed by atoms with Crippen LogP contribution >= 0.6 is 0 Å². The first-order valence-electron chi connectivity index (χ1n) is 8.87. The smallest absolute Gasteiger partial charge is 0.309 e. The predicted molar refractivity (Wildman–Crippen MR) is 94.8 cm³/mol. The molecule has 0 aliphatic heterocycles. The number of carbonyl (C=O) groups is 1. The summed E-state index contributed by atoms with van der Waals surface area (Å²) in [5.41, 5.74) is -0.352. The van der Waals surface area contributed by atoms with Crippen molar-refractivity contribution in [3.05, 3.63) is 0 Å². The second kappa shape index (κ2) is 7.48. The van der Waals surface area contributed by atoms with Gasteiger partial charge in [0.05, 0.1) is 19.7 Å². The van der Waals surface area contributed by atoms with Gasteiger partial charge in [0.25, 0.3) is 0 Å². The quantitative estimate of drug-likeness (QED) is 0.585. The summed E-state index contributed by atoms with van der Waals surface area (Å²) < 4.78 is 5.84. The summed E-state index contributed by atoms with van der Waals surface area (Å²) in [6.07, 6.45) is 4.95. The maximum absolute atomic E-state index is 12.9. The first-order chi connectivity index (χ1) is 9.98. The Kier molecular flexibility index (Phi) is 6.69. The average Bonchev–Trinajstić information content (AvgIpc) is 2.38. The van der Waals surface area contributed by atoms with Crippen molar-refractivity contribution < 1.29 is 14.6 Å². The lowest BCUT2D eigenvalue weighted by atomic mass is 9.97. The van der Waals surface area contributed by atoms with E-state index in [1.54, 1.807) is 0 Å². The monoisotopic (exact) mass is 328 g/mol. The van der Waals surface area contributed by atoms with Crippen LogP contribution in [0.2, 0.25) is 23.7 Å². The number of aliphatic hydroxyl groups is 1. The molecule has 3 nitrogen and oxygen atoms in total. The molecule has 0 amide bonds. The van der Waals surface area contributed by atoms with Crippen LogP contribution in [0.25, 0.3) is 0 Å². The molecule has 0 saturated heterocycles. The number of aliphatic hydroxyl groups excluding tert-OH is 1. The summed E-state index contributed by atoms with van der Waals surface area (Å²) in [4.78, 5) is 12.9. The first kappa shape index (κ1) is 19.7. The summed E-state index contributed by atoms with van der Waals surface area (Å²) in [6, 6.07) is 0. The van der Waals surface area contributed by atoms with Crippen LogP contribution in [0.4, 0.5) is 0 Å². The topological polar surface area (TPSA) is 46.5 Å². The molecule has 0 spiro atoms. The van der Waals surface area contributed by atoms with Crippen LogP contribution in [0.1, 0.15) is 66.7 Å². The van der Waals surface area contributed by atoms with Crippen LogP contribution in [0.15, 0.2) is 0 Å². The van der Waals surface area contributed by atoms with E-state index in [1.807, 2.05) is 13.8 Å². The molecule has 4 heteroatoms. The van der Waals surface area contributed by atoms with Gasteiger partial charge in [-0.3, -0.25) is 4.79 Å². The number of ether oxygens (including phenoxy) is 1. The minimum Gasteiger partial charge on any atom is -0.462 e. The maximum Gasteiger partial charge on any atom is 0.309 e. The molecule has 1 saturated carbocycles. The lowest BCUT2D eigenvalue weighted by Crippen LogP contribution is -2.52. The van der Waals surface area contributed by atoms with E-state index in [4.69, 9.17) is 4.74 Å². The third-order valence-corrected chi connectivity index (χ3v) is 11.8. The molecule has 0 aromatic carbocycles. The second-order valence-corrected chi connectivity index (χ2v) is 14.4. The number of hydrogen-bond acceptors (Lipinski definition) is 3. The van der Waals surface area contributed by atoms with E-state index in [9.17, 15) is 9.90 Å². The van der Waals surface area contributed by atoms with Crippen molar-refractivity contribution >= 4 is 14.0 Å². The van der Waals surface area contributed by atoms with Gasteiger partial charge in [0.15, 0.2) is 0 Å². The standard InChI is InChI=1S/C18H36O3Si/c1-13(2)15(19)16(22(6,7)18(3,4)5)17(20)21-14-11-9-8-10-12-14/h13-16,19H,8-12H2,1-7H3. The Morgan fingerprint density at radius 1 is 1.14 bits per heavy atom. The number of carbonyl (C=O) groups excluding carboxylic acids is 1. The third kappa shape index (κ3) is 4.57. The Morgan fingerprint density at radius 2 is 1.64 bits per heavy atom. The normalized spacial score (nSPS) is 20.8. The molecule has 1 aliphatic carbocycles. The van der Waals surface area contributed by atoms with Gasteiger partial charge in [0.2, 0.25) is 0 Å². The summed E-state index contributed by atoms with van der Waals surface area (Å²) in [5.74, 6) is -0.0854. The fraction of sp³-hybridized carbons (Fsp3) is 0.944. The number of rotatable bonds is 5. The van der Waals surface area contributed by atoms with Crippen molar-refractivity contribution in [2.75, 3.05) is 0 Å². The second-order valence-electron chi connectivity index (χ2n) is 8.88. The number of hydrogen-bond donors (Lipinski definition) is 1. The molecule has 130 valence electrons. The number of esters is 1. The van der Waals surface area contributed by atoms with Crippen LogP contribution < -0.4 is 0 Å². The highest BCUT2D eigenvalue weighted by Crippen LogP contribution is 2.46. The van der Waals surface area contributed by atoms with Gasteiger partial charge in [-0.1, -0.05) is 54.1 Å². The molecular formula is C18H36O3Si. The Labute approximate surface area is 137 Å². The van der Waals surface area contributed by atoms with Gasteiger partial charge in [0, 0.05) is 0 Å². The molecule has 1 fully saturated rings. The fourth-order valence-electron chi connectivity index (χ4n) is 3.13. The van der Waals surface area contributed by atoms with Crippen LogP contribution in [-0.2, 0) is 9.53 Å². The van der Waals surface area contributed by atoms with Gasteiger partial charge < -0.3 is 9.84 Å². The lowest BCUT2D eigenvalue weighted by Gasteiger charge is -2.45.